The lowest BCUT2D eigenvalue weighted by molar-refractivity contribution is 0.297. The molecule has 0 aliphatic heterocycles. The quantitative estimate of drug-likeness (QED) is 0.887. The Morgan fingerprint density at radius 2 is 2.00 bits per heavy atom. The van der Waals surface area contributed by atoms with Crippen molar-refractivity contribution in [2.45, 2.75) is 33.3 Å². The van der Waals surface area contributed by atoms with E-state index in [2.05, 4.69) is 49.3 Å². The van der Waals surface area contributed by atoms with Gasteiger partial charge in [0.1, 0.15) is 18.2 Å². The van der Waals surface area contributed by atoms with Crippen molar-refractivity contribution in [3.8, 4) is 5.75 Å². The van der Waals surface area contributed by atoms with Crippen LogP contribution in [0.4, 0.5) is 5.82 Å². The molecule has 0 atom stereocenters. The van der Waals surface area contributed by atoms with E-state index >= 15 is 0 Å². The Hall–Kier alpha value is -2.03. The van der Waals surface area contributed by atoms with Crippen molar-refractivity contribution in [3.63, 3.8) is 0 Å². The molecule has 1 N–H and O–H groups in total. The number of benzene rings is 1. The van der Waals surface area contributed by atoms with Gasteiger partial charge in [0.2, 0.25) is 0 Å². The van der Waals surface area contributed by atoms with Gasteiger partial charge in [0.15, 0.2) is 0 Å². The molecule has 2 rings (SSSR count). The maximum Gasteiger partial charge on any atom is 0.130 e. The number of aryl methyl sites for hydroxylation is 1. The maximum absolute atomic E-state index is 5.97. The summed E-state index contributed by atoms with van der Waals surface area (Å²) in [5, 5.41) is 3.04. The lowest BCUT2D eigenvalue weighted by Gasteiger charge is -2.15. The summed E-state index contributed by atoms with van der Waals surface area (Å²) in [6, 6.07) is 12.3. The first-order valence-electron chi connectivity index (χ1n) is 6.97. The summed E-state index contributed by atoms with van der Waals surface area (Å²) in [6.07, 6.45) is 0. The van der Waals surface area contributed by atoms with Crippen molar-refractivity contribution >= 4 is 5.82 Å². The summed E-state index contributed by atoms with van der Waals surface area (Å²) in [7, 11) is 1.87. The molecular formula is C17H22N2O. The van der Waals surface area contributed by atoms with E-state index in [1.54, 1.807) is 0 Å². The van der Waals surface area contributed by atoms with Gasteiger partial charge in [-0.05, 0) is 42.2 Å². The summed E-state index contributed by atoms with van der Waals surface area (Å²) in [5.74, 6) is 2.26. The van der Waals surface area contributed by atoms with Crippen molar-refractivity contribution in [1.29, 1.82) is 0 Å². The summed E-state index contributed by atoms with van der Waals surface area (Å²) in [5.41, 5.74) is 3.37. The van der Waals surface area contributed by atoms with Crippen LogP contribution in [-0.4, -0.2) is 12.0 Å². The number of rotatable bonds is 5. The fourth-order valence-corrected chi connectivity index (χ4v) is 2.09. The van der Waals surface area contributed by atoms with Gasteiger partial charge in [-0.2, -0.15) is 0 Å². The van der Waals surface area contributed by atoms with Crippen LogP contribution in [0.3, 0.4) is 0 Å². The molecule has 0 amide bonds. The number of anilines is 1. The third-order valence-corrected chi connectivity index (χ3v) is 3.23. The van der Waals surface area contributed by atoms with E-state index in [0.717, 1.165) is 17.3 Å². The number of pyridine rings is 1. The molecule has 3 heteroatoms. The highest BCUT2D eigenvalue weighted by atomic mass is 16.5. The Bertz CT molecular complexity index is 579. The number of nitrogens with one attached hydrogen (secondary N) is 1. The normalized spacial score (nSPS) is 10.7. The SMILES string of the molecule is CNc1cccc(COc2cc(C)ccc2C(C)C)n1. The first-order valence-corrected chi connectivity index (χ1v) is 6.97. The molecule has 1 heterocycles. The number of hydrogen-bond donors (Lipinski definition) is 1. The van der Waals surface area contributed by atoms with Gasteiger partial charge >= 0.3 is 0 Å². The minimum atomic E-state index is 0.446. The van der Waals surface area contributed by atoms with Crippen molar-refractivity contribution in [2.75, 3.05) is 12.4 Å². The fourth-order valence-electron chi connectivity index (χ4n) is 2.09. The topological polar surface area (TPSA) is 34.1 Å². The van der Waals surface area contributed by atoms with E-state index in [1.165, 1.54) is 11.1 Å². The third kappa shape index (κ3) is 3.50. The molecule has 0 bridgehead atoms. The Labute approximate surface area is 121 Å². The number of hydrogen-bond acceptors (Lipinski definition) is 3. The Morgan fingerprint density at radius 3 is 2.70 bits per heavy atom. The Morgan fingerprint density at radius 1 is 1.20 bits per heavy atom. The van der Waals surface area contributed by atoms with Crippen molar-refractivity contribution in [2.24, 2.45) is 0 Å². The van der Waals surface area contributed by atoms with Crippen LogP contribution in [0.1, 0.15) is 36.6 Å². The first-order chi connectivity index (χ1) is 9.60. The van der Waals surface area contributed by atoms with Crippen LogP contribution in [0.5, 0.6) is 5.75 Å². The van der Waals surface area contributed by atoms with Gasteiger partial charge < -0.3 is 10.1 Å². The average Bonchev–Trinajstić information content (AvgIpc) is 2.45. The standard InChI is InChI=1S/C17H22N2O/c1-12(2)15-9-8-13(3)10-16(15)20-11-14-6-5-7-17(18-4)19-14/h5-10,12H,11H2,1-4H3,(H,18,19). The van der Waals surface area contributed by atoms with Gasteiger partial charge in [0.25, 0.3) is 0 Å². The first kappa shape index (κ1) is 14.4. The van der Waals surface area contributed by atoms with Crippen LogP contribution in [0, 0.1) is 6.92 Å². The lowest BCUT2D eigenvalue weighted by Crippen LogP contribution is -2.03. The highest BCUT2D eigenvalue weighted by Crippen LogP contribution is 2.28. The van der Waals surface area contributed by atoms with Gasteiger partial charge in [-0.1, -0.05) is 32.0 Å². The molecule has 20 heavy (non-hydrogen) atoms. The minimum Gasteiger partial charge on any atom is -0.487 e. The van der Waals surface area contributed by atoms with E-state index < -0.39 is 0 Å². The summed E-state index contributed by atoms with van der Waals surface area (Å²) in [6.45, 7) is 6.92. The van der Waals surface area contributed by atoms with E-state index in [1.807, 2.05) is 25.2 Å². The lowest BCUT2D eigenvalue weighted by atomic mass is 10.0. The van der Waals surface area contributed by atoms with E-state index in [4.69, 9.17) is 4.74 Å². The molecule has 0 saturated carbocycles. The molecule has 106 valence electrons. The van der Waals surface area contributed by atoms with Gasteiger partial charge in [0.05, 0.1) is 5.69 Å². The second-order valence-corrected chi connectivity index (χ2v) is 5.25. The van der Waals surface area contributed by atoms with Crippen LogP contribution < -0.4 is 10.1 Å². The minimum absolute atomic E-state index is 0.446. The molecule has 1 aromatic heterocycles. The van der Waals surface area contributed by atoms with E-state index in [9.17, 15) is 0 Å². The summed E-state index contributed by atoms with van der Waals surface area (Å²) < 4.78 is 5.97. The van der Waals surface area contributed by atoms with Gasteiger partial charge in [-0.3, -0.25) is 0 Å². The maximum atomic E-state index is 5.97. The molecule has 2 aromatic rings. The van der Waals surface area contributed by atoms with Crippen LogP contribution in [0.2, 0.25) is 0 Å². The monoisotopic (exact) mass is 270 g/mol. The van der Waals surface area contributed by atoms with Gasteiger partial charge in [-0.25, -0.2) is 4.98 Å². The summed E-state index contributed by atoms with van der Waals surface area (Å²) >= 11 is 0. The zero-order chi connectivity index (χ0) is 14.5. The highest BCUT2D eigenvalue weighted by molar-refractivity contribution is 5.39. The summed E-state index contributed by atoms with van der Waals surface area (Å²) in [4.78, 5) is 4.47. The number of aromatic nitrogens is 1. The molecule has 1 aromatic carbocycles. The Balaban J connectivity index is 2.15. The smallest absolute Gasteiger partial charge is 0.130 e. The Kier molecular flexibility index (Phi) is 4.61. The average molecular weight is 270 g/mol. The molecule has 3 nitrogen and oxygen atoms in total. The largest absolute Gasteiger partial charge is 0.487 e. The van der Waals surface area contributed by atoms with Gasteiger partial charge in [0, 0.05) is 7.05 Å². The molecule has 0 radical (unpaired) electrons. The zero-order valence-corrected chi connectivity index (χ0v) is 12.6. The fraction of sp³-hybridized carbons (Fsp3) is 0.353. The predicted molar refractivity (Wildman–Crippen MR) is 83.4 cm³/mol. The van der Waals surface area contributed by atoms with Crippen LogP contribution in [0.25, 0.3) is 0 Å². The van der Waals surface area contributed by atoms with Crippen molar-refractivity contribution in [1.82, 2.24) is 4.98 Å². The van der Waals surface area contributed by atoms with Crippen LogP contribution >= 0.6 is 0 Å². The molecule has 0 aliphatic carbocycles. The van der Waals surface area contributed by atoms with Crippen molar-refractivity contribution in [3.05, 3.63) is 53.2 Å². The molecule has 0 saturated heterocycles. The molecule has 0 spiro atoms. The van der Waals surface area contributed by atoms with Crippen LogP contribution in [-0.2, 0) is 6.61 Å². The van der Waals surface area contributed by atoms with E-state index in [0.29, 0.717) is 12.5 Å². The molecule has 0 fully saturated rings. The number of ether oxygens (including phenoxy) is 1. The number of nitrogens with zero attached hydrogens (tertiary/aromatic N) is 1. The second kappa shape index (κ2) is 6.42. The molecule has 0 unspecified atom stereocenters. The van der Waals surface area contributed by atoms with Gasteiger partial charge in [-0.15, -0.1) is 0 Å². The zero-order valence-electron chi connectivity index (χ0n) is 12.6. The van der Waals surface area contributed by atoms with E-state index in [-0.39, 0.29) is 0 Å². The van der Waals surface area contributed by atoms with Crippen molar-refractivity contribution < 1.29 is 4.74 Å². The predicted octanol–water partition coefficient (Wildman–Crippen LogP) is 4.13. The molecule has 0 aliphatic rings. The highest BCUT2D eigenvalue weighted by Gasteiger charge is 2.08. The molecular weight excluding hydrogens is 248 g/mol. The second-order valence-electron chi connectivity index (χ2n) is 5.25. The van der Waals surface area contributed by atoms with Crippen LogP contribution in [0.15, 0.2) is 36.4 Å². The third-order valence-electron chi connectivity index (χ3n) is 3.23.